The second-order valence-electron chi connectivity index (χ2n) is 5.13. The van der Waals surface area contributed by atoms with Gasteiger partial charge >= 0.3 is 0 Å². The minimum atomic E-state index is -0.0252. The maximum absolute atomic E-state index is 9.22. The Kier molecular flexibility index (Phi) is 2.90. The zero-order valence-electron chi connectivity index (χ0n) is 11.8. The molecule has 22 heavy (non-hydrogen) atoms. The van der Waals surface area contributed by atoms with Crippen LogP contribution >= 0.6 is 0 Å². The Morgan fingerprint density at radius 1 is 1.14 bits per heavy atom. The molecule has 3 N–H and O–H groups in total. The summed E-state index contributed by atoms with van der Waals surface area (Å²) in [4.78, 5) is 4.57. The van der Waals surface area contributed by atoms with Crippen LogP contribution in [0.4, 0.5) is 5.82 Å². The molecule has 0 radical (unpaired) electrons. The van der Waals surface area contributed by atoms with E-state index < -0.39 is 0 Å². The Bertz CT molecular complexity index is 857. The van der Waals surface area contributed by atoms with E-state index >= 15 is 0 Å². The maximum atomic E-state index is 9.22. The number of nitrogens with two attached hydrogens (primary N) is 1. The quantitative estimate of drug-likeness (QED) is 0.754. The van der Waals surface area contributed by atoms with Gasteiger partial charge in [-0.15, -0.1) is 0 Å². The summed E-state index contributed by atoms with van der Waals surface area (Å²) in [6.45, 7) is 1.08. The van der Waals surface area contributed by atoms with Crippen molar-refractivity contribution < 1.29 is 14.6 Å². The lowest BCUT2D eigenvalue weighted by molar-refractivity contribution is 0.171. The number of ether oxygens (including phenoxy) is 2. The number of hydrogen-bond donors (Lipinski definition) is 2. The SMILES string of the molecule is Nc1c(-c2ccc3c(c2)OCCO3)nc2cc(CO)ccn12. The van der Waals surface area contributed by atoms with Gasteiger partial charge in [0.05, 0.1) is 6.61 Å². The van der Waals surface area contributed by atoms with Gasteiger partial charge in [-0.2, -0.15) is 0 Å². The van der Waals surface area contributed by atoms with E-state index in [0.29, 0.717) is 36.1 Å². The van der Waals surface area contributed by atoms with Crippen LogP contribution in [0.25, 0.3) is 16.9 Å². The van der Waals surface area contributed by atoms with E-state index in [1.54, 1.807) is 4.40 Å². The average Bonchev–Trinajstić information content (AvgIpc) is 2.90. The average molecular weight is 297 g/mol. The van der Waals surface area contributed by atoms with Gasteiger partial charge in [-0.3, -0.25) is 4.40 Å². The third kappa shape index (κ3) is 1.96. The molecule has 0 bridgehead atoms. The van der Waals surface area contributed by atoms with E-state index in [2.05, 4.69) is 4.98 Å². The number of hydrogen-bond acceptors (Lipinski definition) is 5. The first-order valence-electron chi connectivity index (χ1n) is 7.03. The van der Waals surface area contributed by atoms with Gasteiger partial charge < -0.3 is 20.3 Å². The largest absolute Gasteiger partial charge is 0.486 e. The topological polar surface area (TPSA) is 82.0 Å². The Morgan fingerprint density at radius 3 is 2.77 bits per heavy atom. The Morgan fingerprint density at radius 2 is 1.95 bits per heavy atom. The highest BCUT2D eigenvalue weighted by Gasteiger charge is 2.16. The van der Waals surface area contributed by atoms with E-state index in [1.165, 1.54) is 0 Å². The molecule has 0 amide bonds. The summed E-state index contributed by atoms with van der Waals surface area (Å²) in [6, 6.07) is 9.31. The molecule has 0 saturated carbocycles. The number of anilines is 1. The Balaban J connectivity index is 1.85. The molecule has 1 aromatic carbocycles. The van der Waals surface area contributed by atoms with Crippen LogP contribution in [0.15, 0.2) is 36.5 Å². The van der Waals surface area contributed by atoms with Crippen molar-refractivity contribution in [3.05, 3.63) is 42.1 Å². The first kappa shape index (κ1) is 13.0. The molecule has 0 aliphatic carbocycles. The maximum Gasteiger partial charge on any atom is 0.162 e. The van der Waals surface area contributed by atoms with E-state index in [0.717, 1.165) is 16.9 Å². The fourth-order valence-corrected chi connectivity index (χ4v) is 2.61. The van der Waals surface area contributed by atoms with Crippen LogP contribution in [-0.4, -0.2) is 27.7 Å². The van der Waals surface area contributed by atoms with Gasteiger partial charge in [0.15, 0.2) is 11.5 Å². The summed E-state index contributed by atoms with van der Waals surface area (Å²) in [6.07, 6.45) is 1.81. The zero-order valence-corrected chi connectivity index (χ0v) is 11.8. The van der Waals surface area contributed by atoms with Crippen molar-refractivity contribution in [1.29, 1.82) is 0 Å². The molecule has 0 saturated heterocycles. The third-order valence-electron chi connectivity index (χ3n) is 3.73. The van der Waals surface area contributed by atoms with E-state index in [9.17, 15) is 5.11 Å². The molecule has 0 atom stereocenters. The number of imidazole rings is 1. The third-order valence-corrected chi connectivity index (χ3v) is 3.73. The molecule has 6 nitrogen and oxygen atoms in total. The van der Waals surface area contributed by atoms with Crippen LogP contribution in [0.1, 0.15) is 5.56 Å². The summed E-state index contributed by atoms with van der Waals surface area (Å²) < 4.78 is 12.9. The standard InChI is InChI=1S/C16H15N3O3/c17-16-15(18-14-7-10(9-20)3-4-19(14)16)11-1-2-12-13(8-11)22-6-5-21-12/h1-4,7-8,20H,5-6,9,17H2. The first-order chi connectivity index (χ1) is 10.8. The van der Waals surface area contributed by atoms with E-state index in [4.69, 9.17) is 15.2 Å². The molecule has 112 valence electrons. The summed E-state index contributed by atoms with van der Waals surface area (Å²) >= 11 is 0. The predicted molar refractivity (Wildman–Crippen MR) is 82.0 cm³/mol. The number of aromatic nitrogens is 2. The number of nitrogen functional groups attached to an aromatic ring is 1. The minimum Gasteiger partial charge on any atom is -0.486 e. The molecule has 0 spiro atoms. The normalized spacial score (nSPS) is 13.5. The summed E-state index contributed by atoms with van der Waals surface area (Å²) in [5, 5.41) is 9.22. The lowest BCUT2D eigenvalue weighted by atomic mass is 10.1. The van der Waals surface area contributed by atoms with Crippen LogP contribution in [0.5, 0.6) is 11.5 Å². The fourth-order valence-electron chi connectivity index (χ4n) is 2.61. The smallest absolute Gasteiger partial charge is 0.162 e. The lowest BCUT2D eigenvalue weighted by Crippen LogP contribution is -2.15. The molecule has 1 aliphatic heterocycles. The van der Waals surface area contributed by atoms with Crippen LogP contribution in [-0.2, 0) is 6.61 Å². The van der Waals surface area contributed by atoms with Gasteiger partial charge in [-0.1, -0.05) is 0 Å². The number of nitrogens with zero attached hydrogens (tertiary/aromatic N) is 2. The highest BCUT2D eigenvalue weighted by molar-refractivity contribution is 5.76. The predicted octanol–water partition coefficient (Wildman–Crippen LogP) is 1.85. The van der Waals surface area contributed by atoms with Crippen molar-refractivity contribution in [2.75, 3.05) is 18.9 Å². The number of aliphatic hydroxyl groups is 1. The molecule has 3 heterocycles. The van der Waals surface area contributed by atoms with Crippen molar-refractivity contribution in [3.8, 4) is 22.8 Å². The van der Waals surface area contributed by atoms with Crippen molar-refractivity contribution >= 4 is 11.5 Å². The first-order valence-corrected chi connectivity index (χ1v) is 7.03. The van der Waals surface area contributed by atoms with Gasteiger partial charge in [0, 0.05) is 11.8 Å². The van der Waals surface area contributed by atoms with E-state index in [-0.39, 0.29) is 6.61 Å². The van der Waals surface area contributed by atoms with Crippen LogP contribution < -0.4 is 15.2 Å². The number of pyridine rings is 1. The van der Waals surface area contributed by atoms with Gasteiger partial charge in [-0.05, 0) is 35.9 Å². The molecule has 3 aromatic rings. The lowest BCUT2D eigenvalue weighted by Gasteiger charge is -2.18. The van der Waals surface area contributed by atoms with Crippen molar-refractivity contribution in [3.63, 3.8) is 0 Å². The Hall–Kier alpha value is -2.73. The summed E-state index contributed by atoms with van der Waals surface area (Å²) in [5.74, 6) is 1.99. The molecule has 1 aliphatic rings. The molecule has 0 fully saturated rings. The molecule has 6 heteroatoms. The van der Waals surface area contributed by atoms with Crippen LogP contribution in [0.2, 0.25) is 0 Å². The number of rotatable bonds is 2. The second-order valence-corrected chi connectivity index (χ2v) is 5.13. The molecular formula is C16H15N3O3. The minimum absolute atomic E-state index is 0.0252. The number of aliphatic hydroxyl groups excluding tert-OH is 1. The van der Waals surface area contributed by atoms with Crippen LogP contribution in [0.3, 0.4) is 0 Å². The van der Waals surface area contributed by atoms with Gasteiger partial charge in [0.1, 0.15) is 30.4 Å². The molecule has 0 unspecified atom stereocenters. The van der Waals surface area contributed by atoms with Gasteiger partial charge in [0.2, 0.25) is 0 Å². The highest BCUT2D eigenvalue weighted by Crippen LogP contribution is 2.36. The fraction of sp³-hybridized carbons (Fsp3) is 0.188. The molecule has 2 aromatic heterocycles. The second kappa shape index (κ2) is 4.92. The van der Waals surface area contributed by atoms with Crippen molar-refractivity contribution in [2.24, 2.45) is 0 Å². The van der Waals surface area contributed by atoms with Gasteiger partial charge in [-0.25, -0.2) is 4.98 Å². The molecule has 4 rings (SSSR count). The monoisotopic (exact) mass is 297 g/mol. The summed E-state index contributed by atoms with van der Waals surface area (Å²) in [7, 11) is 0. The van der Waals surface area contributed by atoms with E-state index in [1.807, 2.05) is 36.5 Å². The van der Waals surface area contributed by atoms with Crippen molar-refractivity contribution in [1.82, 2.24) is 9.38 Å². The number of fused-ring (bicyclic) bond motifs is 2. The van der Waals surface area contributed by atoms with Gasteiger partial charge in [0.25, 0.3) is 0 Å². The summed E-state index contributed by atoms with van der Waals surface area (Å²) in [5.41, 5.74) is 9.26. The van der Waals surface area contributed by atoms with Crippen LogP contribution in [0, 0.1) is 0 Å². The molecular weight excluding hydrogens is 282 g/mol. The zero-order chi connectivity index (χ0) is 15.1. The highest BCUT2D eigenvalue weighted by atomic mass is 16.6. The van der Waals surface area contributed by atoms with Crippen molar-refractivity contribution in [2.45, 2.75) is 6.61 Å². The Labute approximate surface area is 126 Å². The number of benzene rings is 1.